The van der Waals surface area contributed by atoms with Gasteiger partial charge in [-0.15, -0.1) is 0 Å². The summed E-state index contributed by atoms with van der Waals surface area (Å²) in [7, 11) is 0. The van der Waals surface area contributed by atoms with E-state index in [1.807, 2.05) is 18.2 Å². The molecule has 0 saturated heterocycles. The zero-order valence-corrected chi connectivity index (χ0v) is 19.1. The van der Waals surface area contributed by atoms with Crippen LogP contribution in [0.1, 0.15) is 32.6 Å². The molecule has 0 aliphatic heterocycles. The van der Waals surface area contributed by atoms with Crippen LogP contribution in [0.3, 0.4) is 0 Å². The van der Waals surface area contributed by atoms with Crippen LogP contribution in [0.2, 0.25) is 0 Å². The molecule has 0 heterocycles. The molecule has 2 unspecified atom stereocenters. The van der Waals surface area contributed by atoms with Gasteiger partial charge in [-0.1, -0.05) is 134 Å². The van der Waals surface area contributed by atoms with Crippen LogP contribution in [0.4, 0.5) is 0 Å². The molecule has 0 aromatic heterocycles. The Morgan fingerprint density at radius 2 is 1.06 bits per heavy atom. The first-order valence-electron chi connectivity index (χ1n) is 11.7. The van der Waals surface area contributed by atoms with Crippen molar-refractivity contribution < 1.29 is 0 Å². The normalized spacial score (nSPS) is 37.8. The summed E-state index contributed by atoms with van der Waals surface area (Å²) in [6.45, 7) is 2.18. The van der Waals surface area contributed by atoms with Gasteiger partial charge in [0.25, 0.3) is 0 Å². The van der Waals surface area contributed by atoms with E-state index < -0.39 is 0 Å². The average molecular weight is 422 g/mol. The highest BCUT2D eigenvalue weighted by Gasteiger charge is 2.27. The van der Waals surface area contributed by atoms with Crippen molar-refractivity contribution in [2.75, 3.05) is 0 Å². The predicted molar refractivity (Wildman–Crippen MR) is 141 cm³/mol. The summed E-state index contributed by atoms with van der Waals surface area (Å²) in [5, 5.41) is 3.92. The van der Waals surface area contributed by atoms with Gasteiger partial charge in [-0.3, -0.25) is 0 Å². The number of hydrogen-bond acceptors (Lipinski definition) is 1. The van der Waals surface area contributed by atoms with Gasteiger partial charge < -0.3 is 5.32 Å². The summed E-state index contributed by atoms with van der Waals surface area (Å²) >= 11 is 0. The van der Waals surface area contributed by atoms with Crippen LogP contribution in [0.5, 0.6) is 0 Å². The quantitative estimate of drug-likeness (QED) is 0.488. The first-order chi connectivity index (χ1) is 15.8. The lowest BCUT2D eigenvalue weighted by molar-refractivity contribution is 0.317. The molecule has 0 bridgehead atoms. The summed E-state index contributed by atoms with van der Waals surface area (Å²) in [5.74, 6) is 0.484. The Labute approximate surface area is 194 Å². The molecule has 32 heavy (non-hydrogen) atoms. The lowest BCUT2D eigenvalue weighted by Gasteiger charge is -2.34. The molecule has 1 N–H and O–H groups in total. The fraction of sp³-hybridized carbons (Fsp3) is 0.226. The van der Waals surface area contributed by atoms with Crippen LogP contribution in [-0.4, -0.2) is 6.04 Å². The number of rotatable bonds is 3. The SMILES string of the molecule is CC1=C(NC2CCCCC2C2=C/C=C\C=C/C=C\C=C/C=C\2)/C=C\C=C/C=C\C=C/C=C\1. The molecular formula is C31H35N. The second kappa shape index (κ2) is 13.9. The molecule has 164 valence electrons. The van der Waals surface area contributed by atoms with E-state index in [-0.39, 0.29) is 0 Å². The minimum atomic E-state index is 0.413. The summed E-state index contributed by atoms with van der Waals surface area (Å²) < 4.78 is 0. The van der Waals surface area contributed by atoms with E-state index in [9.17, 15) is 0 Å². The molecular weight excluding hydrogens is 386 g/mol. The van der Waals surface area contributed by atoms with E-state index in [1.54, 1.807) is 0 Å². The average Bonchev–Trinajstić information content (AvgIpc) is 2.79. The Kier molecular flexibility index (Phi) is 10.1. The maximum atomic E-state index is 3.92. The summed E-state index contributed by atoms with van der Waals surface area (Å²) in [5.41, 5.74) is 3.83. The van der Waals surface area contributed by atoms with Crippen molar-refractivity contribution in [3.63, 3.8) is 0 Å². The van der Waals surface area contributed by atoms with Gasteiger partial charge >= 0.3 is 0 Å². The second-order valence-corrected chi connectivity index (χ2v) is 8.18. The van der Waals surface area contributed by atoms with Crippen molar-refractivity contribution in [2.45, 2.75) is 38.6 Å². The van der Waals surface area contributed by atoms with Crippen molar-refractivity contribution >= 4 is 0 Å². The highest BCUT2D eigenvalue weighted by Crippen LogP contribution is 2.32. The van der Waals surface area contributed by atoms with Crippen LogP contribution in [0, 0.1) is 5.92 Å². The first-order valence-corrected chi connectivity index (χ1v) is 11.7. The van der Waals surface area contributed by atoms with Crippen molar-refractivity contribution in [3.8, 4) is 0 Å². The summed E-state index contributed by atoms with van der Waals surface area (Å²) in [4.78, 5) is 0. The summed E-state index contributed by atoms with van der Waals surface area (Å²) in [6.07, 6.45) is 49.3. The maximum Gasteiger partial charge on any atom is 0.0372 e. The van der Waals surface area contributed by atoms with E-state index in [0.29, 0.717) is 12.0 Å². The van der Waals surface area contributed by atoms with Crippen LogP contribution in [0.15, 0.2) is 144 Å². The molecule has 0 amide bonds. The molecule has 2 atom stereocenters. The van der Waals surface area contributed by atoms with Crippen molar-refractivity contribution in [1.29, 1.82) is 0 Å². The van der Waals surface area contributed by atoms with Gasteiger partial charge in [0, 0.05) is 17.7 Å². The number of allylic oxidation sites excluding steroid dienone is 22. The smallest absolute Gasteiger partial charge is 0.0372 e. The van der Waals surface area contributed by atoms with Gasteiger partial charge in [-0.2, -0.15) is 0 Å². The van der Waals surface area contributed by atoms with Crippen LogP contribution in [-0.2, 0) is 0 Å². The molecule has 0 aromatic rings. The van der Waals surface area contributed by atoms with Gasteiger partial charge in [0.2, 0.25) is 0 Å². The molecule has 1 heteroatoms. The second-order valence-electron chi connectivity index (χ2n) is 8.18. The van der Waals surface area contributed by atoms with Gasteiger partial charge in [0.1, 0.15) is 0 Å². The highest BCUT2D eigenvalue weighted by atomic mass is 14.9. The third-order valence-corrected chi connectivity index (χ3v) is 5.81. The zero-order chi connectivity index (χ0) is 22.3. The van der Waals surface area contributed by atoms with E-state index in [1.165, 1.54) is 42.5 Å². The Morgan fingerprint density at radius 1 is 0.562 bits per heavy atom. The molecule has 3 aliphatic rings. The fourth-order valence-electron chi connectivity index (χ4n) is 4.11. The maximum absolute atomic E-state index is 3.92. The third kappa shape index (κ3) is 8.07. The van der Waals surface area contributed by atoms with Crippen molar-refractivity contribution in [1.82, 2.24) is 5.32 Å². The molecule has 1 saturated carbocycles. The van der Waals surface area contributed by atoms with Gasteiger partial charge in [-0.25, -0.2) is 0 Å². The monoisotopic (exact) mass is 421 g/mol. The fourth-order valence-corrected chi connectivity index (χ4v) is 4.11. The predicted octanol–water partition coefficient (Wildman–Crippen LogP) is 7.92. The van der Waals surface area contributed by atoms with E-state index >= 15 is 0 Å². The highest BCUT2D eigenvalue weighted by molar-refractivity contribution is 5.37. The third-order valence-electron chi connectivity index (χ3n) is 5.81. The zero-order valence-electron chi connectivity index (χ0n) is 19.1. The molecule has 1 fully saturated rings. The van der Waals surface area contributed by atoms with Crippen LogP contribution in [0.25, 0.3) is 0 Å². The largest absolute Gasteiger partial charge is 0.381 e. The molecule has 3 aliphatic carbocycles. The van der Waals surface area contributed by atoms with E-state index in [4.69, 9.17) is 0 Å². The molecule has 0 radical (unpaired) electrons. The Balaban J connectivity index is 1.86. The van der Waals surface area contributed by atoms with Crippen molar-refractivity contribution in [2.24, 2.45) is 5.92 Å². The molecule has 1 nitrogen and oxygen atoms in total. The Hall–Kier alpha value is -3.32. The minimum Gasteiger partial charge on any atom is -0.381 e. The molecule has 0 spiro atoms. The Bertz CT molecular complexity index is 964. The van der Waals surface area contributed by atoms with E-state index in [0.717, 1.165) is 0 Å². The lowest BCUT2D eigenvalue weighted by Crippen LogP contribution is -2.38. The number of nitrogens with one attached hydrogen (secondary N) is 1. The molecule has 3 rings (SSSR count). The van der Waals surface area contributed by atoms with E-state index in [2.05, 4.69) is 122 Å². The summed E-state index contributed by atoms with van der Waals surface area (Å²) in [6, 6.07) is 0.413. The van der Waals surface area contributed by atoms with Gasteiger partial charge in [0.15, 0.2) is 0 Å². The van der Waals surface area contributed by atoms with Gasteiger partial charge in [0.05, 0.1) is 0 Å². The minimum absolute atomic E-state index is 0.413. The van der Waals surface area contributed by atoms with Crippen molar-refractivity contribution in [3.05, 3.63) is 144 Å². The molecule has 0 aromatic carbocycles. The van der Waals surface area contributed by atoms with Gasteiger partial charge in [-0.05, 0) is 37.0 Å². The first kappa shape index (κ1) is 23.3. The Morgan fingerprint density at radius 3 is 1.72 bits per heavy atom. The van der Waals surface area contributed by atoms with Crippen LogP contribution < -0.4 is 5.32 Å². The topological polar surface area (TPSA) is 12.0 Å². The van der Waals surface area contributed by atoms with Crippen LogP contribution >= 0.6 is 0 Å². The standard InChI is InChI=1S/C31H35N/c1-27-21-15-11-7-5-6-10-14-18-25-30(27)32-31-26-20-19-24-29(31)28-22-16-12-8-3-2-4-9-13-17-23-28/h2-18,21-23,25,29,31-32H,19-20,24,26H2,1H3/b3-2-,4-2?,6-5-,7-5?,8-3?,9-4-,10-6?,11-7-,12-8-,13-9?,14-10-,15-11?,16-12?,17-13-,18-14?,21-15-,22-16-,23-17?,25-18-,27-21?,28-22?,28-23+,30-25?,30-27+. The lowest BCUT2D eigenvalue weighted by atomic mass is 9.79. The number of hydrogen-bond donors (Lipinski definition) is 1.